The third-order valence-corrected chi connectivity index (χ3v) is 9.14. The maximum atomic E-state index is 14.7. The van der Waals surface area contributed by atoms with Crippen molar-refractivity contribution in [2.45, 2.75) is 50.7 Å². The Balaban J connectivity index is 1.57. The van der Waals surface area contributed by atoms with Gasteiger partial charge >= 0.3 is 5.97 Å². The molecule has 4 aromatic rings. The number of fused-ring (bicyclic) bond motifs is 2. The van der Waals surface area contributed by atoms with E-state index in [-0.39, 0.29) is 25.3 Å². The first-order valence-corrected chi connectivity index (χ1v) is 14.0. The number of rotatable bonds is 6. The molecule has 0 radical (unpaired) electrons. The third kappa shape index (κ3) is 4.87. The summed E-state index contributed by atoms with van der Waals surface area (Å²) >= 11 is 0. The lowest BCUT2D eigenvalue weighted by atomic mass is 9.84. The molecule has 5 rings (SSSR count). The van der Waals surface area contributed by atoms with E-state index in [1.807, 2.05) is 44.2 Å². The number of aryl methyl sites for hydroxylation is 3. The number of hydrogen-bond acceptors (Lipinski definition) is 6. The van der Waals surface area contributed by atoms with Gasteiger partial charge in [-0.25, -0.2) is 17.5 Å². The molecule has 0 bridgehead atoms. The van der Waals surface area contributed by atoms with E-state index in [1.165, 1.54) is 16.4 Å². The van der Waals surface area contributed by atoms with Gasteiger partial charge in [0, 0.05) is 19.5 Å². The number of halogens is 1. The number of benzene rings is 3. The molecule has 0 spiro atoms. The van der Waals surface area contributed by atoms with Crippen LogP contribution in [0.15, 0.2) is 53.4 Å². The number of aromatic nitrogens is 3. The third-order valence-electron chi connectivity index (χ3n) is 7.27. The first-order chi connectivity index (χ1) is 18.5. The van der Waals surface area contributed by atoms with Gasteiger partial charge in [0.15, 0.2) is 4.90 Å². The molecule has 0 saturated carbocycles. The van der Waals surface area contributed by atoms with Crippen LogP contribution in [0.3, 0.4) is 0 Å². The van der Waals surface area contributed by atoms with Gasteiger partial charge in [-0.3, -0.25) is 4.79 Å². The molecule has 39 heavy (non-hydrogen) atoms. The number of ether oxygens (including phenoxy) is 1. The predicted molar refractivity (Wildman–Crippen MR) is 143 cm³/mol. The second-order valence-corrected chi connectivity index (χ2v) is 11.9. The molecule has 2 atom stereocenters. The van der Waals surface area contributed by atoms with Crippen LogP contribution in [-0.2, 0) is 28.4 Å². The molecule has 1 aromatic heterocycles. The summed E-state index contributed by atoms with van der Waals surface area (Å²) in [6.07, 6.45) is -0.673. The van der Waals surface area contributed by atoms with Gasteiger partial charge in [-0.15, -0.1) is 5.10 Å². The molecule has 2 heterocycles. The monoisotopic (exact) mass is 552 g/mol. The van der Waals surface area contributed by atoms with E-state index in [0.29, 0.717) is 11.1 Å². The average Bonchev–Trinajstić information content (AvgIpc) is 3.20. The maximum Gasteiger partial charge on any atom is 0.304 e. The summed E-state index contributed by atoms with van der Waals surface area (Å²) in [6, 6.07) is 13.3. The predicted octanol–water partition coefficient (Wildman–Crippen LogP) is 4.30. The van der Waals surface area contributed by atoms with Crippen molar-refractivity contribution in [1.82, 2.24) is 19.3 Å². The normalized spacial score (nSPS) is 17.8. The van der Waals surface area contributed by atoms with Crippen molar-refractivity contribution in [3.8, 4) is 5.75 Å². The second kappa shape index (κ2) is 10.0. The van der Waals surface area contributed by atoms with Crippen molar-refractivity contribution in [3.63, 3.8) is 0 Å². The molecule has 0 saturated heterocycles. The lowest BCUT2D eigenvalue weighted by Crippen LogP contribution is -2.35. The lowest BCUT2D eigenvalue weighted by molar-refractivity contribution is -0.137. The summed E-state index contributed by atoms with van der Waals surface area (Å²) in [4.78, 5) is 11.5. The van der Waals surface area contributed by atoms with E-state index in [1.54, 1.807) is 18.7 Å². The summed E-state index contributed by atoms with van der Waals surface area (Å²) in [5.41, 5.74) is 5.43. The van der Waals surface area contributed by atoms with Crippen LogP contribution < -0.4 is 4.74 Å². The van der Waals surface area contributed by atoms with E-state index >= 15 is 0 Å². The molecule has 204 valence electrons. The molecule has 0 fully saturated rings. The molecule has 1 aliphatic rings. The van der Waals surface area contributed by atoms with Crippen molar-refractivity contribution >= 4 is 27.0 Å². The second-order valence-electron chi connectivity index (χ2n) is 9.99. The summed E-state index contributed by atoms with van der Waals surface area (Å²) in [5.74, 6) is -2.34. The molecule has 1 N–H and O–H groups in total. The highest BCUT2D eigenvalue weighted by Gasteiger charge is 2.36. The van der Waals surface area contributed by atoms with Crippen molar-refractivity contribution < 1.29 is 27.4 Å². The van der Waals surface area contributed by atoms with Crippen LogP contribution in [0.25, 0.3) is 11.0 Å². The fourth-order valence-electron chi connectivity index (χ4n) is 5.23. The number of sulfonamides is 1. The van der Waals surface area contributed by atoms with Crippen LogP contribution in [-0.4, -0.2) is 51.4 Å². The smallest absolute Gasteiger partial charge is 0.304 e. The molecule has 11 heteroatoms. The maximum absolute atomic E-state index is 14.7. The van der Waals surface area contributed by atoms with Gasteiger partial charge in [-0.2, -0.15) is 4.31 Å². The number of aliphatic carboxylic acids is 1. The minimum Gasteiger partial charge on any atom is -0.488 e. The summed E-state index contributed by atoms with van der Waals surface area (Å²) < 4.78 is 50.5. The number of carboxylic acids is 1. The molecule has 1 aliphatic heterocycles. The Morgan fingerprint density at radius 3 is 2.72 bits per heavy atom. The Morgan fingerprint density at radius 1 is 1.21 bits per heavy atom. The van der Waals surface area contributed by atoms with Gasteiger partial charge in [0.1, 0.15) is 23.2 Å². The van der Waals surface area contributed by atoms with Crippen LogP contribution in [0.1, 0.15) is 47.1 Å². The minimum absolute atomic E-state index is 0.00752. The largest absolute Gasteiger partial charge is 0.488 e. The average molecular weight is 553 g/mol. The van der Waals surface area contributed by atoms with Crippen LogP contribution in [0.2, 0.25) is 0 Å². The SMILES string of the molecule is Cc1ccc(C(CC(=O)O)c2ccc3c(nnn3C)c2C)cc1CN1C[C@@H](C)Oc2cccc(F)c2S1(=O)=O. The standard InChI is InChI=1S/C28H29FN4O5S/c1-16-8-9-19(22(13-26(34)35)21-10-11-24-27(18(21)3)30-31-32(24)4)12-20(16)15-33-14-17(2)38-25-7-5-6-23(29)28(25)39(33,36)37/h5-12,17,22H,13-15H2,1-4H3,(H,34,35)/t17-,22?/m1/s1. The zero-order valence-electron chi connectivity index (χ0n) is 22.1. The fourth-order valence-corrected chi connectivity index (χ4v) is 6.88. The highest BCUT2D eigenvalue weighted by molar-refractivity contribution is 7.89. The molecule has 9 nitrogen and oxygen atoms in total. The Kier molecular flexibility index (Phi) is 6.90. The summed E-state index contributed by atoms with van der Waals surface area (Å²) in [7, 11) is -2.42. The highest BCUT2D eigenvalue weighted by Crippen LogP contribution is 2.36. The zero-order chi connectivity index (χ0) is 28.1. The Hall–Kier alpha value is -3.83. The van der Waals surface area contributed by atoms with Gasteiger partial charge in [0.25, 0.3) is 0 Å². The van der Waals surface area contributed by atoms with Gasteiger partial charge < -0.3 is 9.84 Å². The van der Waals surface area contributed by atoms with E-state index < -0.39 is 38.7 Å². The highest BCUT2D eigenvalue weighted by atomic mass is 32.2. The summed E-state index contributed by atoms with van der Waals surface area (Å²) in [5, 5.41) is 18.1. The van der Waals surface area contributed by atoms with Crippen molar-refractivity contribution in [2.75, 3.05) is 6.54 Å². The van der Waals surface area contributed by atoms with Gasteiger partial charge in [0.2, 0.25) is 10.0 Å². The van der Waals surface area contributed by atoms with Crippen molar-refractivity contribution in [3.05, 3.63) is 82.2 Å². The van der Waals surface area contributed by atoms with Crippen LogP contribution in [0.4, 0.5) is 4.39 Å². The van der Waals surface area contributed by atoms with E-state index in [9.17, 15) is 22.7 Å². The number of nitrogens with zero attached hydrogens (tertiary/aromatic N) is 4. The number of carboxylic acid groups (broad SMARTS) is 1. The summed E-state index contributed by atoms with van der Waals surface area (Å²) in [6.45, 7) is 5.50. The zero-order valence-corrected chi connectivity index (χ0v) is 22.9. The molecule has 0 aliphatic carbocycles. The van der Waals surface area contributed by atoms with Crippen LogP contribution in [0, 0.1) is 19.7 Å². The molecular weight excluding hydrogens is 523 g/mol. The topological polar surface area (TPSA) is 115 Å². The molecular formula is C28H29FN4O5S. The first-order valence-electron chi connectivity index (χ1n) is 12.5. The van der Waals surface area contributed by atoms with Gasteiger partial charge in [0.05, 0.1) is 18.5 Å². The van der Waals surface area contributed by atoms with Crippen molar-refractivity contribution in [2.24, 2.45) is 7.05 Å². The van der Waals surface area contributed by atoms with Crippen LogP contribution >= 0.6 is 0 Å². The molecule has 0 amide bonds. The van der Waals surface area contributed by atoms with Crippen LogP contribution in [0.5, 0.6) is 5.75 Å². The quantitative estimate of drug-likeness (QED) is 0.379. The minimum atomic E-state index is -4.21. The molecule has 1 unspecified atom stereocenters. The van der Waals surface area contributed by atoms with E-state index in [2.05, 4.69) is 10.3 Å². The van der Waals surface area contributed by atoms with Gasteiger partial charge in [-0.1, -0.05) is 35.5 Å². The Bertz CT molecular complexity index is 1700. The Labute approximate surface area is 225 Å². The number of carbonyl (C=O) groups is 1. The lowest BCUT2D eigenvalue weighted by Gasteiger charge is -2.24. The first kappa shape index (κ1) is 26.8. The molecule has 3 aromatic carbocycles. The van der Waals surface area contributed by atoms with Crippen molar-refractivity contribution in [1.29, 1.82) is 0 Å². The number of hydrogen-bond donors (Lipinski definition) is 1. The van der Waals surface area contributed by atoms with Gasteiger partial charge in [-0.05, 0) is 66.8 Å². The van der Waals surface area contributed by atoms with E-state index in [0.717, 1.165) is 33.8 Å². The Morgan fingerprint density at radius 2 is 1.97 bits per heavy atom. The van der Waals surface area contributed by atoms with E-state index in [4.69, 9.17) is 4.74 Å². The fraction of sp³-hybridized carbons (Fsp3) is 0.321.